The first-order valence-electron chi connectivity index (χ1n) is 9.93. The lowest BCUT2D eigenvalue weighted by Crippen LogP contribution is -2.18. The number of hydrogen-bond acceptors (Lipinski definition) is 3. The predicted molar refractivity (Wildman–Crippen MR) is 121 cm³/mol. The van der Waals surface area contributed by atoms with Gasteiger partial charge in [-0.05, 0) is 48.1 Å². The molecular weight excluding hydrogens is 400 g/mol. The first-order chi connectivity index (χ1) is 13.8. The molecule has 0 bridgehead atoms. The van der Waals surface area contributed by atoms with E-state index in [9.17, 15) is 10.4 Å². The zero-order chi connectivity index (χ0) is 20.8. The average Bonchev–Trinajstić information content (AvgIpc) is 2.93. The van der Waals surface area contributed by atoms with Gasteiger partial charge in [-0.15, -0.1) is 11.8 Å². The molecule has 0 radical (unpaired) electrons. The number of hydrogen-bond donors (Lipinski definition) is 1. The molecule has 2 heterocycles. The van der Waals surface area contributed by atoms with Crippen molar-refractivity contribution in [2.75, 3.05) is 0 Å². The highest BCUT2D eigenvalue weighted by Gasteiger charge is 2.31. The topological polar surface area (TPSA) is 48.9 Å². The van der Waals surface area contributed by atoms with E-state index in [0.717, 1.165) is 35.5 Å². The predicted octanol–water partition coefficient (Wildman–Crippen LogP) is 6.57. The summed E-state index contributed by atoms with van der Waals surface area (Å²) in [6, 6.07) is 14.2. The van der Waals surface area contributed by atoms with E-state index in [1.165, 1.54) is 21.5 Å². The Balaban J connectivity index is 1.92. The van der Waals surface area contributed by atoms with Gasteiger partial charge in [-0.25, -0.2) is 0 Å². The summed E-state index contributed by atoms with van der Waals surface area (Å²) in [5.74, 6) is 0.386. The highest BCUT2D eigenvalue weighted by molar-refractivity contribution is 8.00. The Morgan fingerprint density at radius 2 is 1.97 bits per heavy atom. The van der Waals surface area contributed by atoms with Crippen LogP contribution in [0, 0.1) is 16.7 Å². The van der Waals surface area contributed by atoms with Gasteiger partial charge in [-0.2, -0.15) is 5.26 Å². The first kappa shape index (κ1) is 20.2. The van der Waals surface area contributed by atoms with E-state index in [-0.39, 0.29) is 5.41 Å². The lowest BCUT2D eigenvalue weighted by atomic mass is 9.85. The van der Waals surface area contributed by atoms with Crippen molar-refractivity contribution in [3.8, 4) is 11.8 Å². The molecule has 3 nitrogen and oxygen atoms in total. The Kier molecular flexibility index (Phi) is 5.31. The van der Waals surface area contributed by atoms with Crippen LogP contribution in [0.5, 0.6) is 5.75 Å². The summed E-state index contributed by atoms with van der Waals surface area (Å²) in [5.41, 5.74) is 4.53. The third-order valence-corrected chi connectivity index (χ3v) is 7.14. The van der Waals surface area contributed by atoms with Crippen molar-refractivity contribution < 1.29 is 5.11 Å². The number of aromatic nitrogens is 1. The second-order valence-corrected chi connectivity index (χ2v) is 10.6. The molecule has 4 rings (SSSR count). The second-order valence-electron chi connectivity index (χ2n) is 8.75. The number of phenolic OH excluding ortho intramolecular Hbond substituents is 1. The monoisotopic (exact) mass is 424 g/mol. The van der Waals surface area contributed by atoms with Crippen molar-refractivity contribution in [1.29, 1.82) is 5.26 Å². The summed E-state index contributed by atoms with van der Waals surface area (Å²) in [6.07, 6.45) is 2.19. The molecule has 150 valence electrons. The molecule has 0 spiro atoms. The molecule has 1 aliphatic rings. The fraction of sp³-hybridized carbons (Fsp3) is 0.375. The van der Waals surface area contributed by atoms with Crippen molar-refractivity contribution in [3.63, 3.8) is 0 Å². The lowest BCUT2D eigenvalue weighted by Gasteiger charge is -2.25. The molecule has 0 aliphatic carbocycles. The number of benzene rings is 2. The van der Waals surface area contributed by atoms with Crippen LogP contribution in [-0.4, -0.2) is 14.9 Å². The molecule has 0 amide bonds. The van der Waals surface area contributed by atoms with Gasteiger partial charge in [-0.1, -0.05) is 44.5 Å². The molecule has 1 aliphatic heterocycles. The number of rotatable bonds is 5. The molecule has 1 aromatic heterocycles. The summed E-state index contributed by atoms with van der Waals surface area (Å²) in [4.78, 5) is 1.27. The molecule has 0 saturated carbocycles. The van der Waals surface area contributed by atoms with Crippen LogP contribution in [0.3, 0.4) is 0 Å². The third kappa shape index (κ3) is 3.86. The van der Waals surface area contributed by atoms with Gasteiger partial charge in [0.1, 0.15) is 5.75 Å². The van der Waals surface area contributed by atoms with E-state index in [1.54, 1.807) is 0 Å². The van der Waals surface area contributed by atoms with Crippen LogP contribution in [0.1, 0.15) is 44.0 Å². The quantitative estimate of drug-likeness (QED) is 0.504. The normalized spacial score (nSPS) is 16.2. The van der Waals surface area contributed by atoms with Crippen LogP contribution in [0.2, 0.25) is 5.02 Å². The Hall–Kier alpha value is -2.09. The van der Waals surface area contributed by atoms with Crippen LogP contribution in [-0.2, 0) is 19.4 Å². The van der Waals surface area contributed by atoms with Crippen molar-refractivity contribution in [1.82, 2.24) is 4.57 Å². The number of aromatic hydroxyl groups is 1. The Labute approximate surface area is 181 Å². The van der Waals surface area contributed by atoms with Crippen LogP contribution < -0.4 is 0 Å². The summed E-state index contributed by atoms with van der Waals surface area (Å²) in [7, 11) is 0. The molecule has 5 heteroatoms. The minimum atomic E-state index is -0.124. The van der Waals surface area contributed by atoms with Gasteiger partial charge >= 0.3 is 0 Å². The molecule has 3 aromatic rings. The SMILES string of the molecule is CC1Cc2c(O)ccc3c2c(c(CC(C)(C)CC#N)n3Cc2ccc(Cl)cc2)S1. The molecule has 1 atom stereocenters. The van der Waals surface area contributed by atoms with Gasteiger partial charge in [0, 0.05) is 44.8 Å². The number of nitriles is 1. The maximum Gasteiger partial charge on any atom is 0.119 e. The van der Waals surface area contributed by atoms with Gasteiger partial charge in [0.05, 0.1) is 11.6 Å². The van der Waals surface area contributed by atoms with Crippen molar-refractivity contribution >= 4 is 34.3 Å². The largest absolute Gasteiger partial charge is 0.508 e. The molecular formula is C24H25ClN2OS. The Morgan fingerprint density at radius 3 is 2.66 bits per heavy atom. The Morgan fingerprint density at radius 1 is 1.24 bits per heavy atom. The van der Waals surface area contributed by atoms with E-state index in [1.807, 2.05) is 36.0 Å². The fourth-order valence-corrected chi connectivity index (χ4v) is 5.68. The zero-order valence-electron chi connectivity index (χ0n) is 17.0. The first-order valence-corrected chi connectivity index (χ1v) is 11.2. The Bertz CT molecular complexity index is 1110. The van der Waals surface area contributed by atoms with E-state index >= 15 is 0 Å². The highest BCUT2D eigenvalue weighted by Crippen LogP contribution is 2.48. The maximum atomic E-state index is 10.5. The lowest BCUT2D eigenvalue weighted by molar-refractivity contribution is 0.361. The molecule has 29 heavy (non-hydrogen) atoms. The van der Waals surface area contributed by atoms with E-state index < -0.39 is 0 Å². The number of thioether (sulfide) groups is 1. The summed E-state index contributed by atoms with van der Waals surface area (Å²) in [6.45, 7) is 7.27. The van der Waals surface area contributed by atoms with Crippen molar-refractivity contribution in [2.45, 2.75) is 56.7 Å². The van der Waals surface area contributed by atoms with Crippen LogP contribution in [0.4, 0.5) is 0 Å². The minimum absolute atomic E-state index is 0.124. The molecule has 1 N–H and O–H groups in total. The maximum absolute atomic E-state index is 10.5. The van der Waals surface area contributed by atoms with Gasteiger partial charge in [0.25, 0.3) is 0 Å². The minimum Gasteiger partial charge on any atom is -0.508 e. The summed E-state index contributed by atoms with van der Waals surface area (Å²) < 4.78 is 2.38. The van der Waals surface area contributed by atoms with E-state index in [0.29, 0.717) is 17.4 Å². The van der Waals surface area contributed by atoms with Crippen LogP contribution >= 0.6 is 23.4 Å². The van der Waals surface area contributed by atoms with Crippen LogP contribution in [0.15, 0.2) is 41.3 Å². The fourth-order valence-electron chi connectivity index (χ4n) is 4.24. The molecule has 0 saturated heterocycles. The van der Waals surface area contributed by atoms with E-state index in [2.05, 4.69) is 43.5 Å². The van der Waals surface area contributed by atoms with Crippen molar-refractivity contribution in [3.05, 3.63) is 58.2 Å². The molecule has 2 aromatic carbocycles. The number of nitrogens with zero attached hydrogens (tertiary/aromatic N) is 2. The van der Waals surface area contributed by atoms with Gasteiger partial charge < -0.3 is 9.67 Å². The van der Waals surface area contributed by atoms with Gasteiger partial charge in [0.15, 0.2) is 0 Å². The average molecular weight is 425 g/mol. The summed E-state index contributed by atoms with van der Waals surface area (Å²) in [5, 5.41) is 22.2. The molecule has 1 unspecified atom stereocenters. The van der Waals surface area contributed by atoms with Gasteiger partial charge in [0.2, 0.25) is 0 Å². The number of phenols is 1. The third-order valence-electron chi connectivity index (χ3n) is 5.64. The highest BCUT2D eigenvalue weighted by atomic mass is 35.5. The second kappa shape index (κ2) is 7.63. The van der Waals surface area contributed by atoms with Crippen molar-refractivity contribution in [2.24, 2.45) is 5.41 Å². The summed E-state index contributed by atoms with van der Waals surface area (Å²) >= 11 is 7.98. The van der Waals surface area contributed by atoms with Crippen LogP contribution in [0.25, 0.3) is 10.9 Å². The smallest absolute Gasteiger partial charge is 0.119 e. The van der Waals surface area contributed by atoms with Gasteiger partial charge in [-0.3, -0.25) is 0 Å². The standard InChI is InChI=1S/C24H25ClN2OS/c1-15-12-18-21(28)9-8-19-22(18)23(29-15)20(13-24(2,3)10-11-26)27(19)14-16-4-6-17(25)7-5-16/h4-9,15,28H,10,12-14H2,1-3H3. The zero-order valence-corrected chi connectivity index (χ0v) is 18.6. The number of halogens is 1. The molecule has 0 fully saturated rings. The van der Waals surface area contributed by atoms with E-state index in [4.69, 9.17) is 11.6 Å².